The van der Waals surface area contributed by atoms with Crippen molar-refractivity contribution in [3.8, 4) is 0 Å². The van der Waals surface area contributed by atoms with E-state index in [1.807, 2.05) is 5.51 Å². The molecule has 0 aliphatic carbocycles. The van der Waals surface area contributed by atoms with Crippen LogP contribution >= 0.6 is 11.3 Å². The third kappa shape index (κ3) is 3.77. The third-order valence-electron chi connectivity index (χ3n) is 4.03. The van der Waals surface area contributed by atoms with Crippen molar-refractivity contribution in [2.24, 2.45) is 0 Å². The average Bonchev–Trinajstić information content (AvgIpc) is 3.05. The molecule has 1 N–H and O–H groups in total. The van der Waals surface area contributed by atoms with E-state index in [1.54, 1.807) is 11.3 Å². The minimum atomic E-state index is -0.753. The maximum atomic E-state index is 10.9. The first-order valence-electron chi connectivity index (χ1n) is 7.35. The first-order valence-corrected chi connectivity index (χ1v) is 8.30. The van der Waals surface area contributed by atoms with Gasteiger partial charge in [-0.05, 0) is 25.9 Å². The molecule has 3 rings (SSSR count). The van der Waals surface area contributed by atoms with Crippen molar-refractivity contribution in [2.75, 3.05) is 45.9 Å². The van der Waals surface area contributed by atoms with Crippen molar-refractivity contribution < 1.29 is 9.84 Å². The molecular weight excluding hydrogens is 274 g/mol. The lowest BCUT2D eigenvalue weighted by Crippen LogP contribution is -2.51. The predicted molar refractivity (Wildman–Crippen MR) is 78.8 cm³/mol. The molecule has 0 aromatic carbocycles. The number of aromatic nitrogens is 1. The van der Waals surface area contributed by atoms with Crippen molar-refractivity contribution in [1.82, 2.24) is 14.8 Å². The molecule has 3 heterocycles. The van der Waals surface area contributed by atoms with Gasteiger partial charge >= 0.3 is 0 Å². The summed E-state index contributed by atoms with van der Waals surface area (Å²) in [6.45, 7) is 6.39. The summed E-state index contributed by atoms with van der Waals surface area (Å²) in [6.07, 6.45) is 2.50. The first-order chi connectivity index (χ1) is 9.73. The van der Waals surface area contributed by atoms with E-state index in [9.17, 15) is 5.11 Å². The molecule has 20 heavy (non-hydrogen) atoms. The van der Waals surface area contributed by atoms with Gasteiger partial charge in [0.05, 0.1) is 24.4 Å². The Hall–Kier alpha value is -0.530. The molecule has 1 aromatic rings. The Morgan fingerprint density at radius 3 is 2.90 bits per heavy atom. The molecule has 5 nitrogen and oxygen atoms in total. The molecule has 2 aliphatic heterocycles. The largest absolute Gasteiger partial charge is 0.385 e. The van der Waals surface area contributed by atoms with Crippen LogP contribution in [0.2, 0.25) is 0 Å². The van der Waals surface area contributed by atoms with Crippen LogP contribution in [0.25, 0.3) is 0 Å². The maximum Gasteiger partial charge on any atom is 0.113 e. The normalized spacial score (nSPS) is 29.6. The van der Waals surface area contributed by atoms with Gasteiger partial charge in [0.1, 0.15) is 5.60 Å². The van der Waals surface area contributed by atoms with Crippen LogP contribution < -0.4 is 0 Å². The minimum absolute atomic E-state index is 0.442. The highest BCUT2D eigenvalue weighted by Gasteiger charge is 2.35. The molecule has 0 amide bonds. The van der Waals surface area contributed by atoms with Crippen molar-refractivity contribution in [3.05, 3.63) is 16.6 Å². The van der Waals surface area contributed by atoms with Gasteiger partial charge in [-0.25, -0.2) is 4.98 Å². The van der Waals surface area contributed by atoms with Gasteiger partial charge in [-0.1, -0.05) is 0 Å². The molecule has 0 bridgehead atoms. The summed E-state index contributed by atoms with van der Waals surface area (Å²) in [7, 11) is 0. The fraction of sp³-hybridized carbons (Fsp3) is 0.786. The van der Waals surface area contributed by atoms with E-state index in [-0.39, 0.29) is 0 Å². The van der Waals surface area contributed by atoms with E-state index in [0.29, 0.717) is 19.8 Å². The number of ether oxygens (including phenoxy) is 1. The zero-order chi connectivity index (χ0) is 13.8. The molecule has 1 aromatic heterocycles. The number of hydrogen-bond acceptors (Lipinski definition) is 6. The quantitative estimate of drug-likeness (QED) is 0.891. The summed E-state index contributed by atoms with van der Waals surface area (Å²) in [5.74, 6) is 0. The fourth-order valence-electron chi connectivity index (χ4n) is 3.13. The Labute approximate surface area is 124 Å². The Bertz CT molecular complexity index is 409. The van der Waals surface area contributed by atoms with Crippen LogP contribution in [-0.2, 0) is 11.3 Å². The molecule has 6 heteroatoms. The molecule has 112 valence electrons. The third-order valence-corrected chi connectivity index (χ3v) is 4.66. The van der Waals surface area contributed by atoms with Crippen molar-refractivity contribution >= 4 is 11.3 Å². The second-order valence-corrected chi connectivity index (χ2v) is 6.67. The predicted octanol–water partition coefficient (Wildman–Crippen LogP) is 0.802. The smallest absolute Gasteiger partial charge is 0.113 e. The SMILES string of the molecule is O[C@]1(CN2CCCC2)COCCN(Cc2cscn2)C1. The van der Waals surface area contributed by atoms with Gasteiger partial charge in [0.2, 0.25) is 0 Å². The van der Waals surface area contributed by atoms with Crippen molar-refractivity contribution in [1.29, 1.82) is 0 Å². The first kappa shape index (κ1) is 14.4. The summed E-state index contributed by atoms with van der Waals surface area (Å²) in [4.78, 5) is 8.95. The van der Waals surface area contributed by atoms with Gasteiger partial charge in [-0.3, -0.25) is 4.90 Å². The molecule has 0 saturated carbocycles. The van der Waals surface area contributed by atoms with Crippen LogP contribution in [-0.4, -0.2) is 71.4 Å². The summed E-state index contributed by atoms with van der Waals surface area (Å²) in [6, 6.07) is 0. The van der Waals surface area contributed by atoms with E-state index in [0.717, 1.165) is 38.4 Å². The zero-order valence-corrected chi connectivity index (χ0v) is 12.6. The van der Waals surface area contributed by atoms with Crippen LogP contribution in [0, 0.1) is 0 Å². The van der Waals surface area contributed by atoms with E-state index in [1.165, 1.54) is 12.8 Å². The summed E-state index contributed by atoms with van der Waals surface area (Å²) < 4.78 is 5.63. The molecule has 2 fully saturated rings. The Morgan fingerprint density at radius 1 is 1.30 bits per heavy atom. The number of likely N-dealkylation sites (tertiary alicyclic amines) is 1. The highest BCUT2D eigenvalue weighted by molar-refractivity contribution is 7.07. The number of rotatable bonds is 4. The second kappa shape index (κ2) is 6.49. The van der Waals surface area contributed by atoms with Gasteiger partial charge in [0.25, 0.3) is 0 Å². The highest BCUT2D eigenvalue weighted by atomic mass is 32.1. The van der Waals surface area contributed by atoms with E-state index in [2.05, 4.69) is 20.2 Å². The molecule has 2 saturated heterocycles. The van der Waals surface area contributed by atoms with Gasteiger partial charge in [0, 0.05) is 31.6 Å². The van der Waals surface area contributed by atoms with Crippen molar-refractivity contribution in [2.45, 2.75) is 25.0 Å². The van der Waals surface area contributed by atoms with Crippen LogP contribution in [0.5, 0.6) is 0 Å². The maximum absolute atomic E-state index is 10.9. The monoisotopic (exact) mass is 297 g/mol. The van der Waals surface area contributed by atoms with Gasteiger partial charge in [-0.2, -0.15) is 0 Å². The average molecular weight is 297 g/mol. The number of β-amino-alcohol motifs (C(OH)–C–C–N with tert-alkyl or cyclic N) is 1. The lowest BCUT2D eigenvalue weighted by Gasteiger charge is -2.33. The summed E-state index contributed by atoms with van der Waals surface area (Å²) in [5, 5.41) is 13.0. The lowest BCUT2D eigenvalue weighted by atomic mass is 10.0. The van der Waals surface area contributed by atoms with E-state index in [4.69, 9.17) is 4.74 Å². The fourth-order valence-corrected chi connectivity index (χ4v) is 3.68. The summed E-state index contributed by atoms with van der Waals surface area (Å²) >= 11 is 1.62. The number of aliphatic hydroxyl groups is 1. The topological polar surface area (TPSA) is 48.8 Å². The minimum Gasteiger partial charge on any atom is -0.385 e. The van der Waals surface area contributed by atoms with E-state index >= 15 is 0 Å². The molecule has 1 atom stereocenters. The molecule has 2 aliphatic rings. The van der Waals surface area contributed by atoms with Crippen LogP contribution in [0.4, 0.5) is 0 Å². The second-order valence-electron chi connectivity index (χ2n) is 5.95. The van der Waals surface area contributed by atoms with Crippen LogP contribution in [0.1, 0.15) is 18.5 Å². The molecule has 0 spiro atoms. The number of thiazole rings is 1. The molecule has 0 unspecified atom stereocenters. The Kier molecular flexibility index (Phi) is 4.68. The van der Waals surface area contributed by atoms with E-state index < -0.39 is 5.60 Å². The molecular formula is C14H23N3O2S. The van der Waals surface area contributed by atoms with Gasteiger partial charge in [-0.15, -0.1) is 11.3 Å². The highest BCUT2D eigenvalue weighted by Crippen LogP contribution is 2.19. The van der Waals surface area contributed by atoms with Gasteiger partial charge in [0.15, 0.2) is 0 Å². The zero-order valence-electron chi connectivity index (χ0n) is 11.8. The number of nitrogens with zero attached hydrogens (tertiary/aromatic N) is 3. The van der Waals surface area contributed by atoms with Crippen LogP contribution in [0.3, 0.4) is 0 Å². The van der Waals surface area contributed by atoms with Gasteiger partial charge < -0.3 is 14.7 Å². The molecule has 0 radical (unpaired) electrons. The Balaban J connectivity index is 1.61. The standard InChI is InChI=1S/C14H23N3O2S/c18-14(9-16-3-1-2-4-16)10-17(5-6-19-11-14)7-13-8-20-12-15-13/h8,12,18H,1-7,9-11H2/t14-/m0/s1. The lowest BCUT2D eigenvalue weighted by molar-refractivity contribution is -0.0549. The Morgan fingerprint density at radius 2 is 2.15 bits per heavy atom. The van der Waals surface area contributed by atoms with Crippen LogP contribution in [0.15, 0.2) is 10.9 Å². The van der Waals surface area contributed by atoms with Crippen molar-refractivity contribution in [3.63, 3.8) is 0 Å². The summed E-state index contributed by atoms with van der Waals surface area (Å²) in [5.41, 5.74) is 2.19. The number of hydrogen-bond donors (Lipinski definition) is 1.